The van der Waals surface area contributed by atoms with Crippen molar-refractivity contribution in [3.8, 4) is 0 Å². The normalized spacial score (nSPS) is 17.5. The van der Waals surface area contributed by atoms with Crippen LogP contribution in [0.2, 0.25) is 5.02 Å². The van der Waals surface area contributed by atoms with Crippen LogP contribution in [0.5, 0.6) is 0 Å². The van der Waals surface area contributed by atoms with Gasteiger partial charge in [0.1, 0.15) is 5.82 Å². The number of aromatic nitrogens is 2. The Balaban J connectivity index is 1.03. The van der Waals surface area contributed by atoms with Crippen LogP contribution in [-0.4, -0.2) is 31.5 Å². The Labute approximate surface area is 245 Å². The van der Waals surface area contributed by atoms with Crippen LogP contribution >= 0.6 is 11.6 Å². The van der Waals surface area contributed by atoms with E-state index >= 15 is 0 Å². The fourth-order valence-corrected chi connectivity index (χ4v) is 6.72. The van der Waals surface area contributed by atoms with E-state index in [2.05, 4.69) is 15.4 Å². The summed E-state index contributed by atoms with van der Waals surface area (Å²) in [5.74, 6) is 2.13. The largest absolute Gasteiger partial charge is 0.354 e. The molecule has 1 aliphatic carbocycles. The number of nitrogens with one attached hydrogen (secondary N) is 3. The molecule has 0 atom stereocenters. The third-order valence-electron chi connectivity index (χ3n) is 7.82. The Bertz CT molecular complexity index is 1770. The van der Waals surface area contributed by atoms with E-state index in [1.165, 1.54) is 0 Å². The first kappa shape index (κ1) is 27.4. The Hall–Kier alpha value is -3.72. The SMILES string of the molecule is O=S(=O)(NCC1CCC(CNc2nc(Nc3ccc(Cl)cc3)c3ccccc3n2)CC1)c1ccc2ccccc2c1. The van der Waals surface area contributed by atoms with E-state index in [1.807, 2.05) is 78.9 Å². The van der Waals surface area contributed by atoms with Gasteiger partial charge < -0.3 is 10.6 Å². The van der Waals surface area contributed by atoms with Crippen LogP contribution in [0.4, 0.5) is 17.5 Å². The number of hydrogen-bond acceptors (Lipinski definition) is 6. The van der Waals surface area contributed by atoms with Gasteiger partial charge in [-0.3, -0.25) is 0 Å². The highest BCUT2D eigenvalue weighted by Gasteiger charge is 2.24. The molecule has 7 nitrogen and oxygen atoms in total. The van der Waals surface area contributed by atoms with Crippen LogP contribution in [0.1, 0.15) is 25.7 Å². The van der Waals surface area contributed by atoms with Crippen LogP contribution in [-0.2, 0) is 10.0 Å². The number of rotatable bonds is 9. The summed E-state index contributed by atoms with van der Waals surface area (Å²) in [6.45, 7) is 1.23. The second kappa shape index (κ2) is 12.0. The summed E-state index contributed by atoms with van der Waals surface area (Å²) >= 11 is 6.05. The van der Waals surface area contributed by atoms with Crippen molar-refractivity contribution in [2.45, 2.75) is 30.6 Å². The van der Waals surface area contributed by atoms with E-state index in [0.717, 1.165) is 65.4 Å². The molecule has 1 heterocycles. The summed E-state index contributed by atoms with van der Waals surface area (Å²) in [5.41, 5.74) is 1.77. The molecule has 0 amide bonds. The van der Waals surface area contributed by atoms with Gasteiger partial charge in [0.25, 0.3) is 0 Å². The lowest BCUT2D eigenvalue weighted by Crippen LogP contribution is -2.32. The summed E-state index contributed by atoms with van der Waals surface area (Å²) in [7, 11) is -3.55. The maximum atomic E-state index is 12.9. The quantitative estimate of drug-likeness (QED) is 0.167. The molecule has 41 heavy (non-hydrogen) atoms. The molecule has 210 valence electrons. The molecule has 1 aromatic heterocycles. The Kier molecular flexibility index (Phi) is 8.05. The fourth-order valence-electron chi connectivity index (χ4n) is 5.44. The van der Waals surface area contributed by atoms with Crippen molar-refractivity contribution in [2.75, 3.05) is 23.7 Å². The van der Waals surface area contributed by atoms with E-state index < -0.39 is 10.0 Å². The van der Waals surface area contributed by atoms with E-state index in [-0.39, 0.29) is 0 Å². The highest BCUT2D eigenvalue weighted by molar-refractivity contribution is 7.89. The average Bonchev–Trinajstić information content (AvgIpc) is 3.00. The molecule has 0 unspecified atom stereocenters. The second-order valence-corrected chi connectivity index (χ2v) is 12.9. The van der Waals surface area contributed by atoms with Crippen molar-refractivity contribution in [1.82, 2.24) is 14.7 Å². The summed E-state index contributed by atoms with van der Waals surface area (Å²) in [5, 5.41) is 10.4. The highest BCUT2D eigenvalue weighted by Crippen LogP contribution is 2.30. The minimum Gasteiger partial charge on any atom is -0.354 e. The molecule has 9 heteroatoms. The van der Waals surface area contributed by atoms with E-state index in [1.54, 1.807) is 12.1 Å². The summed E-state index contributed by atoms with van der Waals surface area (Å²) < 4.78 is 28.7. The lowest BCUT2D eigenvalue weighted by Gasteiger charge is -2.28. The van der Waals surface area contributed by atoms with Gasteiger partial charge in [-0.25, -0.2) is 18.1 Å². The van der Waals surface area contributed by atoms with Gasteiger partial charge in [-0.1, -0.05) is 54.1 Å². The summed E-state index contributed by atoms with van der Waals surface area (Å²) in [4.78, 5) is 9.83. The zero-order valence-electron chi connectivity index (χ0n) is 22.6. The van der Waals surface area contributed by atoms with Gasteiger partial charge in [0.05, 0.1) is 10.4 Å². The minimum atomic E-state index is -3.55. The molecule has 0 radical (unpaired) electrons. The smallest absolute Gasteiger partial charge is 0.240 e. The van der Waals surface area contributed by atoms with Gasteiger partial charge in [0.2, 0.25) is 16.0 Å². The van der Waals surface area contributed by atoms with Crippen LogP contribution < -0.4 is 15.4 Å². The molecule has 4 aromatic carbocycles. The van der Waals surface area contributed by atoms with Crippen molar-refractivity contribution >= 4 is 60.8 Å². The molecule has 1 saturated carbocycles. The Morgan fingerprint density at radius 2 is 1.44 bits per heavy atom. The molecule has 0 bridgehead atoms. The first-order valence-corrected chi connectivity index (χ1v) is 15.8. The molecule has 5 aromatic rings. The van der Waals surface area contributed by atoms with Gasteiger partial charge in [-0.05, 0) is 96.8 Å². The maximum Gasteiger partial charge on any atom is 0.240 e. The average molecular weight is 586 g/mol. The number of anilines is 3. The minimum absolute atomic E-state index is 0.314. The van der Waals surface area contributed by atoms with Crippen molar-refractivity contribution in [1.29, 1.82) is 0 Å². The predicted octanol–water partition coefficient (Wildman–Crippen LogP) is 7.38. The molecule has 0 aliphatic heterocycles. The molecular formula is C32H32ClN5O2S. The lowest BCUT2D eigenvalue weighted by molar-refractivity contribution is 0.284. The van der Waals surface area contributed by atoms with Gasteiger partial charge in [-0.2, -0.15) is 4.98 Å². The molecule has 3 N–H and O–H groups in total. The van der Waals surface area contributed by atoms with Crippen LogP contribution in [0.15, 0.2) is 95.9 Å². The number of halogens is 1. The molecule has 1 fully saturated rings. The third kappa shape index (κ3) is 6.62. The maximum absolute atomic E-state index is 12.9. The number of sulfonamides is 1. The van der Waals surface area contributed by atoms with Gasteiger partial charge in [0, 0.05) is 29.2 Å². The fraction of sp³-hybridized carbons (Fsp3) is 0.250. The first-order valence-electron chi connectivity index (χ1n) is 13.9. The Morgan fingerprint density at radius 1 is 0.756 bits per heavy atom. The van der Waals surface area contributed by atoms with Gasteiger partial charge in [0.15, 0.2) is 0 Å². The van der Waals surface area contributed by atoms with E-state index in [9.17, 15) is 8.42 Å². The Morgan fingerprint density at radius 3 is 2.22 bits per heavy atom. The number of hydrogen-bond donors (Lipinski definition) is 3. The zero-order valence-corrected chi connectivity index (χ0v) is 24.1. The zero-order chi connectivity index (χ0) is 28.2. The van der Waals surface area contributed by atoms with E-state index in [0.29, 0.717) is 34.2 Å². The van der Waals surface area contributed by atoms with Crippen LogP contribution in [0, 0.1) is 11.8 Å². The van der Waals surface area contributed by atoms with Crippen molar-refractivity contribution in [3.63, 3.8) is 0 Å². The number of fused-ring (bicyclic) bond motifs is 2. The molecule has 0 saturated heterocycles. The molecule has 1 aliphatic rings. The number of nitrogens with zero attached hydrogens (tertiary/aromatic N) is 2. The third-order valence-corrected chi connectivity index (χ3v) is 9.49. The van der Waals surface area contributed by atoms with E-state index in [4.69, 9.17) is 21.6 Å². The molecular weight excluding hydrogens is 554 g/mol. The van der Waals surface area contributed by atoms with Crippen LogP contribution in [0.3, 0.4) is 0 Å². The van der Waals surface area contributed by atoms with Gasteiger partial charge >= 0.3 is 0 Å². The van der Waals surface area contributed by atoms with Crippen molar-refractivity contribution < 1.29 is 8.42 Å². The summed E-state index contributed by atoms with van der Waals surface area (Å²) in [6.07, 6.45) is 4.01. The van der Waals surface area contributed by atoms with Crippen molar-refractivity contribution in [3.05, 3.63) is 96.0 Å². The van der Waals surface area contributed by atoms with Crippen molar-refractivity contribution in [2.24, 2.45) is 11.8 Å². The first-order chi connectivity index (χ1) is 19.9. The predicted molar refractivity (Wildman–Crippen MR) is 167 cm³/mol. The molecule has 6 rings (SSSR count). The lowest BCUT2D eigenvalue weighted by atomic mass is 9.82. The van der Waals surface area contributed by atoms with Gasteiger partial charge in [-0.15, -0.1) is 0 Å². The van der Waals surface area contributed by atoms with Crippen LogP contribution in [0.25, 0.3) is 21.7 Å². The molecule has 0 spiro atoms. The number of para-hydroxylation sites is 1. The second-order valence-electron chi connectivity index (χ2n) is 10.7. The monoisotopic (exact) mass is 585 g/mol. The summed E-state index contributed by atoms with van der Waals surface area (Å²) in [6, 6.07) is 28.5. The number of benzene rings is 4. The standard InChI is InChI=1S/C32H32ClN5O2S/c33-26-14-16-27(17-15-26)36-31-29-7-3-4-8-30(29)37-32(38-31)34-20-22-9-11-23(12-10-22)21-35-41(39,40)28-18-13-24-5-1-2-6-25(24)19-28/h1-8,13-19,22-23,35H,9-12,20-21H2,(H2,34,36,37,38). The topological polar surface area (TPSA) is 96.0 Å². The highest BCUT2D eigenvalue weighted by atomic mass is 35.5.